The Morgan fingerprint density at radius 2 is 1.85 bits per heavy atom. The summed E-state index contributed by atoms with van der Waals surface area (Å²) in [6.07, 6.45) is -0.909. The van der Waals surface area contributed by atoms with E-state index in [2.05, 4.69) is 5.32 Å². The lowest BCUT2D eigenvalue weighted by molar-refractivity contribution is -0.143. The summed E-state index contributed by atoms with van der Waals surface area (Å²) in [5.74, 6) is -3.71. The number of aliphatic carboxylic acids is 2. The van der Waals surface area contributed by atoms with Gasteiger partial charge in [0.15, 0.2) is 0 Å². The lowest BCUT2D eigenvalue weighted by atomic mass is 10.1. The molecule has 0 spiro atoms. The van der Waals surface area contributed by atoms with Crippen molar-refractivity contribution in [2.45, 2.75) is 25.3 Å². The summed E-state index contributed by atoms with van der Waals surface area (Å²) < 4.78 is 13.3. The highest BCUT2D eigenvalue weighted by Crippen LogP contribution is 2.07. The van der Waals surface area contributed by atoms with Crippen LogP contribution in [0.15, 0.2) is 24.3 Å². The van der Waals surface area contributed by atoms with E-state index >= 15 is 0 Å². The maximum atomic E-state index is 13.3. The summed E-state index contributed by atoms with van der Waals surface area (Å²) in [5.41, 5.74) is 0.146. The van der Waals surface area contributed by atoms with Gasteiger partial charge in [-0.2, -0.15) is 0 Å². The van der Waals surface area contributed by atoms with Gasteiger partial charge in [0.25, 0.3) is 0 Å². The standard InChI is InChI=1S/C13H14FNO5/c14-9-4-2-1-3-8(9)7-11(16)15-10(13(19)20)5-6-12(17)18/h1-4,10H,5-7H2,(H,15,16)(H,17,18)(H,19,20). The molecule has 0 aliphatic carbocycles. The zero-order valence-electron chi connectivity index (χ0n) is 10.5. The fourth-order valence-electron chi connectivity index (χ4n) is 1.59. The predicted molar refractivity (Wildman–Crippen MR) is 66.5 cm³/mol. The SMILES string of the molecule is O=C(O)CCC(NC(=O)Cc1ccccc1F)C(=O)O. The van der Waals surface area contributed by atoms with Crippen LogP contribution in [-0.4, -0.2) is 34.1 Å². The van der Waals surface area contributed by atoms with Crippen LogP contribution < -0.4 is 5.32 Å². The second-order valence-electron chi connectivity index (χ2n) is 4.16. The third kappa shape index (κ3) is 5.05. The number of amides is 1. The summed E-state index contributed by atoms with van der Waals surface area (Å²) in [6, 6.07) is 4.35. The number of carbonyl (C=O) groups excluding carboxylic acids is 1. The third-order valence-electron chi connectivity index (χ3n) is 2.59. The van der Waals surface area contributed by atoms with Gasteiger partial charge in [-0.05, 0) is 18.1 Å². The monoisotopic (exact) mass is 283 g/mol. The van der Waals surface area contributed by atoms with Crippen molar-refractivity contribution in [3.63, 3.8) is 0 Å². The van der Waals surface area contributed by atoms with Crippen molar-refractivity contribution in [1.82, 2.24) is 5.32 Å². The van der Waals surface area contributed by atoms with E-state index in [4.69, 9.17) is 10.2 Å². The number of hydrogen-bond donors (Lipinski definition) is 3. The maximum absolute atomic E-state index is 13.3. The number of rotatable bonds is 7. The molecule has 0 saturated heterocycles. The Kier molecular flexibility index (Phi) is 5.64. The van der Waals surface area contributed by atoms with Crippen LogP contribution >= 0.6 is 0 Å². The maximum Gasteiger partial charge on any atom is 0.326 e. The molecule has 1 rings (SSSR count). The molecule has 7 heteroatoms. The number of carboxylic acid groups (broad SMARTS) is 2. The fraction of sp³-hybridized carbons (Fsp3) is 0.308. The first-order chi connectivity index (χ1) is 9.40. The molecule has 0 heterocycles. The van der Waals surface area contributed by atoms with E-state index in [9.17, 15) is 18.8 Å². The van der Waals surface area contributed by atoms with E-state index in [-0.39, 0.29) is 24.8 Å². The highest BCUT2D eigenvalue weighted by Gasteiger charge is 2.21. The number of carboxylic acids is 2. The van der Waals surface area contributed by atoms with E-state index in [0.717, 1.165) is 0 Å². The largest absolute Gasteiger partial charge is 0.481 e. The quantitative estimate of drug-likeness (QED) is 0.686. The molecule has 1 amide bonds. The number of hydrogen-bond acceptors (Lipinski definition) is 3. The van der Waals surface area contributed by atoms with Crippen LogP contribution in [0.2, 0.25) is 0 Å². The van der Waals surface area contributed by atoms with Crippen LogP contribution in [0.5, 0.6) is 0 Å². The lowest BCUT2D eigenvalue weighted by Crippen LogP contribution is -2.41. The average Bonchev–Trinajstić information content (AvgIpc) is 2.36. The van der Waals surface area contributed by atoms with Crippen molar-refractivity contribution in [1.29, 1.82) is 0 Å². The van der Waals surface area contributed by atoms with Crippen LogP contribution in [0, 0.1) is 5.82 Å². The van der Waals surface area contributed by atoms with Crippen LogP contribution in [-0.2, 0) is 20.8 Å². The molecule has 0 aliphatic heterocycles. The topological polar surface area (TPSA) is 104 Å². The second-order valence-corrected chi connectivity index (χ2v) is 4.16. The summed E-state index contributed by atoms with van der Waals surface area (Å²) in [5, 5.41) is 19.5. The number of carbonyl (C=O) groups is 3. The first kappa shape index (κ1) is 15.6. The number of nitrogens with one attached hydrogen (secondary N) is 1. The fourth-order valence-corrected chi connectivity index (χ4v) is 1.59. The first-order valence-electron chi connectivity index (χ1n) is 5.87. The van der Waals surface area contributed by atoms with E-state index in [1.165, 1.54) is 18.2 Å². The van der Waals surface area contributed by atoms with Crippen molar-refractivity contribution >= 4 is 17.8 Å². The molecule has 0 saturated carbocycles. The number of halogens is 1. The Balaban J connectivity index is 2.60. The lowest BCUT2D eigenvalue weighted by Gasteiger charge is -2.13. The highest BCUT2D eigenvalue weighted by molar-refractivity contribution is 5.85. The minimum absolute atomic E-state index is 0.146. The third-order valence-corrected chi connectivity index (χ3v) is 2.59. The average molecular weight is 283 g/mol. The van der Waals surface area contributed by atoms with Crippen molar-refractivity contribution < 1.29 is 29.0 Å². The molecule has 108 valence electrons. The van der Waals surface area contributed by atoms with Crippen molar-refractivity contribution in [2.75, 3.05) is 0 Å². The minimum Gasteiger partial charge on any atom is -0.481 e. The van der Waals surface area contributed by atoms with Gasteiger partial charge in [0.05, 0.1) is 6.42 Å². The summed E-state index contributed by atoms with van der Waals surface area (Å²) in [7, 11) is 0. The molecule has 3 N–H and O–H groups in total. The summed E-state index contributed by atoms with van der Waals surface area (Å²) in [4.78, 5) is 32.9. The molecule has 1 atom stereocenters. The van der Waals surface area contributed by atoms with Gasteiger partial charge in [0, 0.05) is 6.42 Å². The van der Waals surface area contributed by atoms with Crippen molar-refractivity contribution in [3.05, 3.63) is 35.6 Å². The minimum atomic E-state index is -1.33. The normalized spacial score (nSPS) is 11.7. The molecule has 0 fully saturated rings. The second kappa shape index (κ2) is 7.22. The molecule has 0 radical (unpaired) electrons. The molecule has 6 nitrogen and oxygen atoms in total. The number of benzene rings is 1. The van der Waals surface area contributed by atoms with Gasteiger partial charge < -0.3 is 15.5 Å². The van der Waals surface area contributed by atoms with Crippen LogP contribution in [0.4, 0.5) is 4.39 Å². The molecular weight excluding hydrogens is 269 g/mol. The van der Waals surface area contributed by atoms with Crippen LogP contribution in [0.3, 0.4) is 0 Å². The molecule has 0 aromatic heterocycles. The Bertz CT molecular complexity index is 517. The van der Waals surface area contributed by atoms with Crippen LogP contribution in [0.1, 0.15) is 18.4 Å². The van der Waals surface area contributed by atoms with E-state index in [0.29, 0.717) is 0 Å². The predicted octanol–water partition coefficient (Wildman–Crippen LogP) is 0.802. The molecule has 1 aromatic rings. The molecule has 1 unspecified atom stereocenters. The Labute approximate surface area is 114 Å². The van der Waals surface area contributed by atoms with Crippen LogP contribution in [0.25, 0.3) is 0 Å². The van der Waals surface area contributed by atoms with Gasteiger partial charge >= 0.3 is 11.9 Å². The smallest absolute Gasteiger partial charge is 0.326 e. The van der Waals surface area contributed by atoms with E-state index < -0.39 is 29.7 Å². The van der Waals surface area contributed by atoms with E-state index in [1.54, 1.807) is 6.07 Å². The first-order valence-corrected chi connectivity index (χ1v) is 5.87. The Hall–Kier alpha value is -2.44. The summed E-state index contributed by atoms with van der Waals surface area (Å²) in [6.45, 7) is 0. The highest BCUT2D eigenvalue weighted by atomic mass is 19.1. The van der Waals surface area contributed by atoms with Gasteiger partial charge in [-0.25, -0.2) is 9.18 Å². The molecule has 20 heavy (non-hydrogen) atoms. The van der Waals surface area contributed by atoms with E-state index in [1.807, 2.05) is 0 Å². The molecule has 1 aromatic carbocycles. The Morgan fingerprint density at radius 3 is 2.40 bits per heavy atom. The van der Waals surface area contributed by atoms with Crippen molar-refractivity contribution in [2.24, 2.45) is 0 Å². The molecular formula is C13H14FNO5. The van der Waals surface area contributed by atoms with Gasteiger partial charge in [-0.15, -0.1) is 0 Å². The zero-order valence-corrected chi connectivity index (χ0v) is 10.5. The van der Waals surface area contributed by atoms with Crippen molar-refractivity contribution in [3.8, 4) is 0 Å². The Morgan fingerprint density at radius 1 is 1.20 bits per heavy atom. The zero-order chi connectivity index (χ0) is 15.1. The van der Waals surface area contributed by atoms with Gasteiger partial charge in [-0.3, -0.25) is 9.59 Å². The molecule has 0 bridgehead atoms. The van der Waals surface area contributed by atoms with Gasteiger partial charge in [0.2, 0.25) is 5.91 Å². The van der Waals surface area contributed by atoms with Gasteiger partial charge in [-0.1, -0.05) is 18.2 Å². The summed E-state index contributed by atoms with van der Waals surface area (Å²) >= 11 is 0. The van der Waals surface area contributed by atoms with Gasteiger partial charge in [0.1, 0.15) is 11.9 Å². The molecule has 0 aliphatic rings.